The van der Waals surface area contributed by atoms with Gasteiger partial charge in [0.15, 0.2) is 0 Å². The van der Waals surface area contributed by atoms with Crippen LogP contribution < -0.4 is 0 Å². The van der Waals surface area contributed by atoms with Crippen LogP contribution in [0, 0.1) is 12.8 Å². The second-order valence-corrected chi connectivity index (χ2v) is 8.68. The SMILES string of the molecule is Cc1ccsc1C(=O)N1CC2(CCC(CN(C)Cc3ccco3)CO2)C1. The van der Waals surface area contributed by atoms with Crippen LogP contribution in [0.4, 0.5) is 0 Å². The van der Waals surface area contributed by atoms with Crippen LogP contribution in [-0.2, 0) is 11.3 Å². The topological polar surface area (TPSA) is 45.9 Å². The number of carbonyl (C=O) groups is 1. The summed E-state index contributed by atoms with van der Waals surface area (Å²) in [7, 11) is 2.13. The molecule has 4 rings (SSSR count). The average molecular weight is 375 g/mol. The Balaban J connectivity index is 1.23. The lowest BCUT2D eigenvalue weighted by molar-refractivity contribution is -0.168. The van der Waals surface area contributed by atoms with Gasteiger partial charge in [-0.2, -0.15) is 0 Å². The third-order valence-corrected chi connectivity index (χ3v) is 6.52. The molecule has 5 nitrogen and oxygen atoms in total. The van der Waals surface area contributed by atoms with E-state index < -0.39 is 0 Å². The summed E-state index contributed by atoms with van der Waals surface area (Å²) in [5.74, 6) is 1.70. The number of thiophene rings is 1. The Morgan fingerprint density at radius 3 is 2.88 bits per heavy atom. The Labute approximate surface area is 158 Å². The molecule has 2 aliphatic heterocycles. The van der Waals surface area contributed by atoms with E-state index in [-0.39, 0.29) is 11.5 Å². The fourth-order valence-corrected chi connectivity index (χ4v) is 4.91. The molecule has 26 heavy (non-hydrogen) atoms. The van der Waals surface area contributed by atoms with Crippen molar-refractivity contribution in [2.45, 2.75) is 31.9 Å². The molecule has 0 aromatic carbocycles. The highest BCUT2D eigenvalue weighted by atomic mass is 32.1. The number of rotatable bonds is 5. The Bertz CT molecular complexity index is 739. The van der Waals surface area contributed by atoms with Crippen molar-refractivity contribution in [3.8, 4) is 0 Å². The van der Waals surface area contributed by atoms with Crippen LogP contribution in [0.3, 0.4) is 0 Å². The fraction of sp³-hybridized carbons (Fsp3) is 0.550. The molecule has 1 spiro atoms. The lowest BCUT2D eigenvalue weighted by Gasteiger charge is -2.52. The van der Waals surface area contributed by atoms with Crippen molar-refractivity contribution in [2.75, 3.05) is 33.3 Å². The zero-order chi connectivity index (χ0) is 18.1. The molecule has 6 heteroatoms. The van der Waals surface area contributed by atoms with E-state index in [1.807, 2.05) is 35.4 Å². The Hall–Kier alpha value is -1.63. The van der Waals surface area contributed by atoms with Gasteiger partial charge in [0.25, 0.3) is 5.91 Å². The first-order valence-electron chi connectivity index (χ1n) is 9.23. The predicted molar refractivity (Wildman–Crippen MR) is 101 cm³/mol. The van der Waals surface area contributed by atoms with E-state index in [2.05, 4.69) is 11.9 Å². The molecule has 2 aliphatic rings. The van der Waals surface area contributed by atoms with Crippen molar-refractivity contribution < 1.29 is 13.9 Å². The third kappa shape index (κ3) is 3.59. The lowest BCUT2D eigenvalue weighted by Crippen LogP contribution is -2.66. The summed E-state index contributed by atoms with van der Waals surface area (Å²) in [5, 5.41) is 1.99. The van der Waals surface area contributed by atoms with E-state index in [9.17, 15) is 4.79 Å². The summed E-state index contributed by atoms with van der Waals surface area (Å²) in [6, 6.07) is 5.95. The van der Waals surface area contributed by atoms with E-state index in [0.29, 0.717) is 5.92 Å². The van der Waals surface area contributed by atoms with Gasteiger partial charge in [0.1, 0.15) is 11.4 Å². The Morgan fingerprint density at radius 1 is 1.42 bits per heavy atom. The molecule has 0 saturated carbocycles. The van der Waals surface area contributed by atoms with E-state index in [1.54, 1.807) is 6.26 Å². The van der Waals surface area contributed by atoms with Crippen LogP contribution in [0.2, 0.25) is 0 Å². The third-order valence-electron chi connectivity index (χ3n) is 5.51. The van der Waals surface area contributed by atoms with Crippen LogP contribution in [0.15, 0.2) is 34.3 Å². The molecule has 0 aliphatic carbocycles. The molecular weight excluding hydrogens is 348 g/mol. The summed E-state index contributed by atoms with van der Waals surface area (Å²) in [5.41, 5.74) is 0.974. The van der Waals surface area contributed by atoms with Crippen LogP contribution in [0.25, 0.3) is 0 Å². The van der Waals surface area contributed by atoms with Gasteiger partial charge in [0.2, 0.25) is 0 Å². The maximum atomic E-state index is 12.6. The van der Waals surface area contributed by atoms with Crippen molar-refractivity contribution in [1.29, 1.82) is 0 Å². The predicted octanol–water partition coefficient (Wildman–Crippen LogP) is 3.40. The molecule has 0 bridgehead atoms. The first kappa shape index (κ1) is 17.8. The first-order chi connectivity index (χ1) is 12.5. The van der Waals surface area contributed by atoms with Gasteiger partial charge >= 0.3 is 0 Å². The van der Waals surface area contributed by atoms with Crippen molar-refractivity contribution in [1.82, 2.24) is 9.80 Å². The maximum Gasteiger partial charge on any atom is 0.264 e. The molecular formula is C20H26N2O3S. The van der Waals surface area contributed by atoms with Gasteiger partial charge in [0, 0.05) is 6.54 Å². The molecule has 2 fully saturated rings. The molecule has 140 valence electrons. The molecule has 0 radical (unpaired) electrons. The molecule has 0 N–H and O–H groups in total. The number of hydrogen-bond donors (Lipinski definition) is 0. The average Bonchev–Trinajstić information content (AvgIpc) is 3.24. The molecule has 1 unspecified atom stereocenters. The van der Waals surface area contributed by atoms with Gasteiger partial charge in [-0.3, -0.25) is 9.69 Å². The summed E-state index contributed by atoms with van der Waals surface area (Å²) in [6.45, 7) is 6.09. The molecule has 2 aromatic rings. The monoisotopic (exact) mass is 374 g/mol. The Kier molecular flexibility index (Phi) is 4.90. The van der Waals surface area contributed by atoms with Gasteiger partial charge in [-0.1, -0.05) is 0 Å². The quantitative estimate of drug-likeness (QED) is 0.805. The normalized spacial score (nSPS) is 22.0. The standard InChI is InChI=1S/C20H26N2O3S/c1-15-6-9-26-18(15)19(23)22-13-20(14-22)7-5-16(12-25-20)10-21(2)11-17-4-3-8-24-17/h3-4,6,8-9,16H,5,7,10-14H2,1-2H3. The summed E-state index contributed by atoms with van der Waals surface area (Å²) in [4.78, 5) is 17.7. The van der Waals surface area contributed by atoms with Crippen LogP contribution in [0.5, 0.6) is 0 Å². The smallest absolute Gasteiger partial charge is 0.264 e. The van der Waals surface area contributed by atoms with Crippen LogP contribution >= 0.6 is 11.3 Å². The highest BCUT2D eigenvalue weighted by molar-refractivity contribution is 7.12. The highest BCUT2D eigenvalue weighted by Crippen LogP contribution is 2.37. The Morgan fingerprint density at radius 2 is 2.27 bits per heavy atom. The number of amides is 1. The summed E-state index contributed by atoms with van der Waals surface area (Å²) >= 11 is 1.53. The van der Waals surface area contributed by atoms with Crippen molar-refractivity contribution in [3.05, 3.63) is 46.0 Å². The van der Waals surface area contributed by atoms with Crippen molar-refractivity contribution in [2.24, 2.45) is 5.92 Å². The highest BCUT2D eigenvalue weighted by Gasteiger charge is 2.48. The maximum absolute atomic E-state index is 12.6. The zero-order valence-electron chi connectivity index (χ0n) is 15.4. The minimum Gasteiger partial charge on any atom is -0.468 e. The van der Waals surface area contributed by atoms with E-state index in [4.69, 9.17) is 9.15 Å². The second-order valence-electron chi connectivity index (χ2n) is 7.77. The first-order valence-corrected chi connectivity index (χ1v) is 10.1. The van der Waals surface area contributed by atoms with Gasteiger partial charge in [-0.15, -0.1) is 11.3 Å². The fourth-order valence-electron chi connectivity index (χ4n) is 4.01. The van der Waals surface area contributed by atoms with Crippen LogP contribution in [-0.4, -0.2) is 54.6 Å². The number of furan rings is 1. The van der Waals surface area contributed by atoms with Gasteiger partial charge in [0.05, 0.1) is 37.4 Å². The van der Waals surface area contributed by atoms with Crippen LogP contribution in [0.1, 0.15) is 33.8 Å². The van der Waals surface area contributed by atoms with Gasteiger partial charge < -0.3 is 14.1 Å². The molecule has 4 heterocycles. The number of hydrogen-bond acceptors (Lipinski definition) is 5. The number of carbonyl (C=O) groups excluding carboxylic acids is 1. The summed E-state index contributed by atoms with van der Waals surface area (Å²) in [6.07, 6.45) is 3.92. The minimum absolute atomic E-state index is 0.100. The molecule has 1 atom stereocenters. The van der Waals surface area contributed by atoms with E-state index in [1.165, 1.54) is 11.3 Å². The second kappa shape index (κ2) is 7.18. The van der Waals surface area contributed by atoms with Crippen molar-refractivity contribution >= 4 is 17.2 Å². The minimum atomic E-state index is -0.100. The van der Waals surface area contributed by atoms with E-state index in [0.717, 1.165) is 61.8 Å². The van der Waals surface area contributed by atoms with Crippen molar-refractivity contribution in [3.63, 3.8) is 0 Å². The molecule has 2 saturated heterocycles. The molecule has 2 aromatic heterocycles. The number of ether oxygens (including phenoxy) is 1. The van der Waals surface area contributed by atoms with E-state index >= 15 is 0 Å². The zero-order valence-corrected chi connectivity index (χ0v) is 16.3. The number of aryl methyl sites for hydroxylation is 1. The molecule has 1 amide bonds. The lowest BCUT2D eigenvalue weighted by atomic mass is 9.82. The largest absolute Gasteiger partial charge is 0.468 e. The summed E-state index contributed by atoms with van der Waals surface area (Å²) < 4.78 is 11.7. The number of likely N-dealkylation sites (tertiary alicyclic amines) is 1. The van der Waals surface area contributed by atoms with Gasteiger partial charge in [-0.25, -0.2) is 0 Å². The van der Waals surface area contributed by atoms with Gasteiger partial charge in [-0.05, 0) is 61.9 Å². The number of nitrogens with zero attached hydrogens (tertiary/aromatic N) is 2.